The third-order valence-corrected chi connectivity index (χ3v) is 6.48. The van der Waals surface area contributed by atoms with Gasteiger partial charge in [-0.05, 0) is 36.6 Å². The lowest BCUT2D eigenvalue weighted by Crippen LogP contribution is -2.52. The van der Waals surface area contributed by atoms with Crippen LogP contribution in [0.4, 0.5) is 10.5 Å². The molecule has 1 saturated heterocycles. The number of hydrogen-bond acceptors (Lipinski definition) is 6. The fraction of sp³-hybridized carbons (Fsp3) is 0.360. The van der Waals surface area contributed by atoms with Crippen LogP contribution in [0.1, 0.15) is 24.5 Å². The van der Waals surface area contributed by atoms with E-state index in [0.717, 1.165) is 5.56 Å². The normalized spacial score (nSPS) is 15.8. The summed E-state index contributed by atoms with van der Waals surface area (Å²) in [7, 11) is 0. The topological polar surface area (TPSA) is 125 Å². The maximum atomic E-state index is 12.7. The monoisotopic (exact) mass is 499 g/mol. The van der Waals surface area contributed by atoms with E-state index in [1.807, 2.05) is 30.3 Å². The van der Waals surface area contributed by atoms with Crippen LogP contribution in [0.3, 0.4) is 0 Å². The minimum atomic E-state index is -1.18. The molecule has 186 valence electrons. The van der Waals surface area contributed by atoms with E-state index in [0.29, 0.717) is 35.7 Å². The first-order valence-electron chi connectivity index (χ1n) is 11.3. The Morgan fingerprint density at radius 1 is 1.09 bits per heavy atom. The predicted octanol–water partition coefficient (Wildman–Crippen LogP) is 2.90. The van der Waals surface area contributed by atoms with Crippen molar-refractivity contribution in [2.24, 2.45) is 0 Å². The Balaban J connectivity index is 1.53. The first-order valence-corrected chi connectivity index (χ1v) is 12.5. The van der Waals surface area contributed by atoms with Crippen molar-refractivity contribution in [3.8, 4) is 0 Å². The molecule has 0 bridgehead atoms. The van der Waals surface area contributed by atoms with E-state index in [9.17, 15) is 24.3 Å². The van der Waals surface area contributed by atoms with Gasteiger partial charge in [0, 0.05) is 24.3 Å². The van der Waals surface area contributed by atoms with Crippen LogP contribution < -0.4 is 10.6 Å². The fourth-order valence-electron chi connectivity index (χ4n) is 3.60. The Labute approximate surface area is 208 Å². The van der Waals surface area contributed by atoms with Crippen molar-refractivity contribution in [1.29, 1.82) is 0 Å². The average molecular weight is 500 g/mol. The van der Waals surface area contributed by atoms with E-state index in [4.69, 9.17) is 4.74 Å². The van der Waals surface area contributed by atoms with Crippen molar-refractivity contribution in [3.63, 3.8) is 0 Å². The van der Waals surface area contributed by atoms with Crippen molar-refractivity contribution in [3.05, 3.63) is 65.7 Å². The summed E-state index contributed by atoms with van der Waals surface area (Å²) in [6, 6.07) is 14.6. The molecular weight excluding hydrogens is 470 g/mol. The summed E-state index contributed by atoms with van der Waals surface area (Å²) in [4.78, 5) is 50.1. The zero-order valence-corrected chi connectivity index (χ0v) is 20.3. The van der Waals surface area contributed by atoms with Gasteiger partial charge in [0.25, 0.3) is 0 Å². The molecule has 2 aromatic carbocycles. The van der Waals surface area contributed by atoms with Gasteiger partial charge < -0.3 is 20.5 Å². The van der Waals surface area contributed by atoms with Crippen molar-refractivity contribution >= 4 is 41.3 Å². The number of nitrogens with zero attached hydrogens (tertiary/aromatic N) is 1. The molecule has 35 heavy (non-hydrogen) atoms. The molecule has 3 N–H and O–H groups in total. The highest BCUT2D eigenvalue weighted by Gasteiger charge is 2.37. The largest absolute Gasteiger partial charge is 0.480 e. The smallest absolute Gasteiger partial charge is 0.411 e. The van der Waals surface area contributed by atoms with Crippen LogP contribution in [0.2, 0.25) is 0 Å². The summed E-state index contributed by atoms with van der Waals surface area (Å²) < 4.78 is 4.98. The third-order valence-electron chi connectivity index (χ3n) is 5.46. The zero-order chi connectivity index (χ0) is 25.2. The summed E-state index contributed by atoms with van der Waals surface area (Å²) in [6.07, 6.45) is 0.451. The fourth-order valence-corrected chi connectivity index (χ4v) is 4.74. The van der Waals surface area contributed by atoms with E-state index in [1.165, 1.54) is 16.7 Å². The van der Waals surface area contributed by atoms with Gasteiger partial charge in [0.1, 0.15) is 12.1 Å². The lowest BCUT2D eigenvalue weighted by atomic mass is 10.0. The highest BCUT2D eigenvalue weighted by molar-refractivity contribution is 7.99. The molecule has 2 unspecified atom stereocenters. The number of carbonyl (C=O) groups excluding carboxylic acids is 3. The summed E-state index contributed by atoms with van der Waals surface area (Å²) in [5.74, 6) is -1.14. The molecule has 0 aliphatic carbocycles. The maximum absolute atomic E-state index is 12.7. The highest BCUT2D eigenvalue weighted by Crippen LogP contribution is 2.22. The van der Waals surface area contributed by atoms with Crippen LogP contribution >= 0.6 is 11.8 Å². The van der Waals surface area contributed by atoms with Crippen LogP contribution in [0, 0.1) is 0 Å². The summed E-state index contributed by atoms with van der Waals surface area (Å²) in [5, 5.41) is 15.0. The average Bonchev–Trinajstić information content (AvgIpc) is 3.35. The SMILES string of the molecule is CCOC(=O)N1CSCC1C(=O)NC(Cc1ccc(NC(=O)CCc2ccccc2)cc1)C(=O)O. The molecule has 1 heterocycles. The number of amides is 3. The van der Waals surface area contributed by atoms with Gasteiger partial charge in [0.2, 0.25) is 11.8 Å². The van der Waals surface area contributed by atoms with E-state index < -0.39 is 30.1 Å². The Morgan fingerprint density at radius 2 is 1.80 bits per heavy atom. The Bertz CT molecular complexity index is 1030. The van der Waals surface area contributed by atoms with Gasteiger partial charge in [-0.3, -0.25) is 14.5 Å². The summed E-state index contributed by atoms with van der Waals surface area (Å²) in [6.45, 7) is 1.87. The second-order valence-corrected chi connectivity index (χ2v) is 9.02. The summed E-state index contributed by atoms with van der Waals surface area (Å²) in [5.41, 5.74) is 2.38. The van der Waals surface area contributed by atoms with Gasteiger partial charge in [0.15, 0.2) is 0 Å². The molecule has 0 aromatic heterocycles. The molecule has 0 saturated carbocycles. The molecule has 2 aromatic rings. The quantitative estimate of drug-likeness (QED) is 0.459. The Kier molecular flexibility index (Phi) is 9.54. The minimum Gasteiger partial charge on any atom is -0.480 e. The molecule has 1 fully saturated rings. The molecule has 1 aliphatic rings. The Hall–Kier alpha value is -3.53. The van der Waals surface area contributed by atoms with Crippen LogP contribution in [0.5, 0.6) is 0 Å². The molecule has 0 spiro atoms. The third kappa shape index (κ3) is 7.74. The lowest BCUT2D eigenvalue weighted by Gasteiger charge is -2.24. The molecule has 0 radical (unpaired) electrons. The number of carboxylic acids is 1. The minimum absolute atomic E-state index is 0.0581. The van der Waals surface area contributed by atoms with Gasteiger partial charge in [0.05, 0.1) is 12.5 Å². The van der Waals surface area contributed by atoms with Crippen LogP contribution in [-0.4, -0.2) is 64.2 Å². The number of anilines is 1. The van der Waals surface area contributed by atoms with Crippen LogP contribution in [-0.2, 0) is 32.0 Å². The van der Waals surface area contributed by atoms with Crippen molar-refractivity contribution in [2.75, 3.05) is 23.6 Å². The number of carbonyl (C=O) groups is 4. The van der Waals surface area contributed by atoms with E-state index in [1.54, 1.807) is 31.2 Å². The molecule has 2 atom stereocenters. The molecular formula is C25H29N3O6S. The first-order chi connectivity index (χ1) is 16.9. The van der Waals surface area contributed by atoms with Gasteiger partial charge in [-0.2, -0.15) is 0 Å². The van der Waals surface area contributed by atoms with E-state index in [2.05, 4.69) is 10.6 Å². The molecule has 3 rings (SSSR count). The second-order valence-electron chi connectivity index (χ2n) is 8.02. The number of hydrogen-bond donors (Lipinski definition) is 3. The van der Waals surface area contributed by atoms with Gasteiger partial charge in [-0.25, -0.2) is 9.59 Å². The zero-order valence-electron chi connectivity index (χ0n) is 19.4. The number of aryl methyl sites for hydroxylation is 1. The van der Waals surface area contributed by atoms with Gasteiger partial charge in [-0.15, -0.1) is 11.8 Å². The standard InChI is InChI=1S/C25H29N3O6S/c1-2-34-25(33)28-16-35-15-21(28)23(30)27-20(24(31)32)14-18-8-11-19(12-9-18)26-22(29)13-10-17-6-4-3-5-7-17/h3-9,11-12,20-21H,2,10,13-16H2,1H3,(H,26,29)(H,27,30)(H,31,32). The molecule has 10 heteroatoms. The molecule has 1 aliphatic heterocycles. The van der Waals surface area contributed by atoms with Crippen molar-refractivity contribution in [1.82, 2.24) is 10.2 Å². The molecule has 3 amide bonds. The van der Waals surface area contributed by atoms with Gasteiger partial charge >= 0.3 is 12.1 Å². The summed E-state index contributed by atoms with van der Waals surface area (Å²) >= 11 is 1.40. The van der Waals surface area contributed by atoms with Crippen LogP contribution in [0.15, 0.2) is 54.6 Å². The van der Waals surface area contributed by atoms with Crippen molar-refractivity contribution < 1.29 is 29.0 Å². The highest BCUT2D eigenvalue weighted by atomic mass is 32.2. The Morgan fingerprint density at radius 3 is 2.46 bits per heavy atom. The van der Waals surface area contributed by atoms with E-state index >= 15 is 0 Å². The van der Waals surface area contributed by atoms with Crippen molar-refractivity contribution in [2.45, 2.75) is 38.3 Å². The number of rotatable bonds is 10. The number of thioether (sulfide) groups is 1. The van der Waals surface area contributed by atoms with Gasteiger partial charge in [-0.1, -0.05) is 42.5 Å². The number of aliphatic carboxylic acids is 1. The number of benzene rings is 2. The second kappa shape index (κ2) is 12.8. The number of nitrogens with one attached hydrogen (secondary N) is 2. The van der Waals surface area contributed by atoms with Crippen LogP contribution in [0.25, 0.3) is 0 Å². The maximum Gasteiger partial charge on any atom is 0.411 e. The predicted molar refractivity (Wildman–Crippen MR) is 133 cm³/mol. The first kappa shape index (κ1) is 26.1. The molecule has 9 nitrogen and oxygen atoms in total. The van der Waals surface area contributed by atoms with E-state index in [-0.39, 0.29) is 18.9 Å². The number of carboxylic acid groups (broad SMARTS) is 1. The number of ether oxygens (including phenoxy) is 1. The lowest BCUT2D eigenvalue weighted by molar-refractivity contribution is -0.142.